The lowest BCUT2D eigenvalue weighted by molar-refractivity contribution is 0.484. The van der Waals surface area contributed by atoms with E-state index in [0.717, 1.165) is 26.8 Å². The highest BCUT2D eigenvalue weighted by Gasteiger charge is 2.21. The van der Waals surface area contributed by atoms with E-state index in [1.807, 2.05) is 23.6 Å². The molecule has 1 saturated heterocycles. The highest BCUT2D eigenvalue weighted by molar-refractivity contribution is 9.10. The van der Waals surface area contributed by atoms with Gasteiger partial charge in [-0.25, -0.2) is 0 Å². The van der Waals surface area contributed by atoms with Crippen molar-refractivity contribution in [2.24, 2.45) is 0 Å². The molecule has 0 N–H and O–H groups in total. The number of piperidine rings is 1. The van der Waals surface area contributed by atoms with Crippen LogP contribution in [-0.4, -0.2) is 12.6 Å². The molecule has 1 aliphatic heterocycles. The number of fused-ring (bicyclic) bond motifs is 1. The first-order chi connectivity index (χ1) is 9.16. The molecule has 2 aromatic rings. The van der Waals surface area contributed by atoms with Crippen molar-refractivity contribution in [1.29, 1.82) is 0 Å². The van der Waals surface area contributed by atoms with Crippen molar-refractivity contribution in [2.75, 3.05) is 11.4 Å². The van der Waals surface area contributed by atoms with Gasteiger partial charge in [0.1, 0.15) is 0 Å². The summed E-state index contributed by atoms with van der Waals surface area (Å²) in [7, 11) is 0. The second-order valence-electron chi connectivity index (χ2n) is 5.13. The van der Waals surface area contributed by atoms with Gasteiger partial charge in [-0.3, -0.25) is 4.79 Å². The van der Waals surface area contributed by atoms with Gasteiger partial charge < -0.3 is 4.90 Å². The lowest BCUT2D eigenvalue weighted by Crippen LogP contribution is -2.39. The van der Waals surface area contributed by atoms with Gasteiger partial charge in [-0.1, -0.05) is 15.9 Å². The summed E-state index contributed by atoms with van der Waals surface area (Å²) in [6.45, 7) is 3.22. The third-order valence-corrected chi connectivity index (χ3v) is 5.27. The number of hydrogen-bond donors (Lipinski definition) is 0. The Morgan fingerprint density at radius 1 is 1.37 bits per heavy atom. The van der Waals surface area contributed by atoms with Crippen molar-refractivity contribution >= 4 is 43.0 Å². The molecule has 0 unspecified atom stereocenters. The number of halogens is 1. The van der Waals surface area contributed by atoms with E-state index in [4.69, 9.17) is 0 Å². The molecule has 19 heavy (non-hydrogen) atoms. The van der Waals surface area contributed by atoms with E-state index < -0.39 is 0 Å². The second-order valence-corrected chi connectivity index (χ2v) is 6.96. The van der Waals surface area contributed by atoms with Crippen LogP contribution in [0.5, 0.6) is 0 Å². The average Bonchev–Trinajstić information content (AvgIpc) is 2.41. The Balaban J connectivity index is 2.14. The van der Waals surface area contributed by atoms with E-state index in [1.165, 1.54) is 19.3 Å². The summed E-state index contributed by atoms with van der Waals surface area (Å²) in [6.07, 6.45) is 3.64. The SMILES string of the molecule is C[C@H]1CCCCN1c1csc2ccc(Br)cc2c1=O. The smallest absolute Gasteiger partial charge is 0.211 e. The Labute approximate surface area is 125 Å². The maximum atomic E-state index is 12.7. The molecule has 0 spiro atoms. The van der Waals surface area contributed by atoms with Crippen LogP contribution in [-0.2, 0) is 0 Å². The van der Waals surface area contributed by atoms with Crippen molar-refractivity contribution < 1.29 is 0 Å². The monoisotopic (exact) mass is 337 g/mol. The fourth-order valence-corrected chi connectivity index (χ4v) is 4.01. The van der Waals surface area contributed by atoms with Crippen molar-refractivity contribution in [3.8, 4) is 0 Å². The summed E-state index contributed by atoms with van der Waals surface area (Å²) in [5.74, 6) is 0. The van der Waals surface area contributed by atoms with E-state index in [9.17, 15) is 4.79 Å². The molecule has 2 nitrogen and oxygen atoms in total. The summed E-state index contributed by atoms with van der Waals surface area (Å²) in [4.78, 5) is 15.0. The molecule has 0 amide bonds. The van der Waals surface area contributed by atoms with Crippen LogP contribution in [0.2, 0.25) is 0 Å². The maximum absolute atomic E-state index is 12.7. The quantitative estimate of drug-likeness (QED) is 0.768. The Morgan fingerprint density at radius 3 is 3.00 bits per heavy atom. The average molecular weight is 338 g/mol. The molecule has 1 fully saturated rings. The van der Waals surface area contributed by atoms with Gasteiger partial charge in [0.05, 0.1) is 5.69 Å². The molecule has 1 atom stereocenters. The Hall–Kier alpha value is -0.870. The summed E-state index contributed by atoms with van der Waals surface area (Å²) < 4.78 is 2.02. The van der Waals surface area contributed by atoms with Crippen LogP contribution < -0.4 is 10.3 Å². The summed E-state index contributed by atoms with van der Waals surface area (Å²) in [5.41, 5.74) is 1.05. The number of rotatable bonds is 1. The van der Waals surface area contributed by atoms with Crippen molar-refractivity contribution in [1.82, 2.24) is 0 Å². The molecule has 3 rings (SSSR count). The Kier molecular flexibility index (Phi) is 3.63. The molecule has 1 aliphatic rings. The zero-order valence-corrected chi connectivity index (χ0v) is 13.3. The van der Waals surface area contributed by atoms with Crippen LogP contribution in [0, 0.1) is 0 Å². The zero-order valence-electron chi connectivity index (χ0n) is 10.9. The van der Waals surface area contributed by atoms with E-state index >= 15 is 0 Å². The molecule has 1 aromatic heterocycles. The molecule has 100 valence electrons. The summed E-state index contributed by atoms with van der Waals surface area (Å²) in [5, 5.41) is 2.86. The van der Waals surface area contributed by atoms with Crippen LogP contribution in [0.25, 0.3) is 10.1 Å². The van der Waals surface area contributed by atoms with Crippen LogP contribution in [0.4, 0.5) is 5.69 Å². The largest absolute Gasteiger partial charge is 0.365 e. The van der Waals surface area contributed by atoms with Gasteiger partial charge in [-0.05, 0) is 44.4 Å². The highest BCUT2D eigenvalue weighted by atomic mass is 79.9. The van der Waals surface area contributed by atoms with E-state index in [0.29, 0.717) is 6.04 Å². The molecular weight excluding hydrogens is 322 g/mol. The van der Waals surface area contributed by atoms with Crippen LogP contribution in [0.15, 0.2) is 32.8 Å². The van der Waals surface area contributed by atoms with Crippen molar-refractivity contribution in [3.63, 3.8) is 0 Å². The third kappa shape index (κ3) is 2.43. The predicted molar refractivity (Wildman–Crippen MR) is 86.5 cm³/mol. The van der Waals surface area contributed by atoms with E-state index in [1.54, 1.807) is 11.3 Å². The minimum Gasteiger partial charge on any atom is -0.365 e. The van der Waals surface area contributed by atoms with Gasteiger partial charge in [0.2, 0.25) is 5.43 Å². The molecule has 1 aromatic carbocycles. The molecule has 2 heterocycles. The first-order valence-electron chi connectivity index (χ1n) is 6.64. The number of hydrogen-bond acceptors (Lipinski definition) is 3. The first-order valence-corrected chi connectivity index (χ1v) is 8.32. The van der Waals surface area contributed by atoms with Gasteiger partial charge >= 0.3 is 0 Å². The van der Waals surface area contributed by atoms with Crippen LogP contribution in [0.1, 0.15) is 26.2 Å². The molecule has 0 aliphatic carbocycles. The minimum atomic E-state index is 0.170. The molecule has 4 heteroatoms. The van der Waals surface area contributed by atoms with Crippen LogP contribution in [0.3, 0.4) is 0 Å². The van der Waals surface area contributed by atoms with Gasteiger partial charge in [-0.2, -0.15) is 0 Å². The van der Waals surface area contributed by atoms with Crippen molar-refractivity contribution in [2.45, 2.75) is 32.2 Å². The number of nitrogens with zero attached hydrogens (tertiary/aromatic N) is 1. The van der Waals surface area contributed by atoms with Gasteiger partial charge in [-0.15, -0.1) is 11.3 Å². The van der Waals surface area contributed by atoms with Gasteiger partial charge in [0.25, 0.3) is 0 Å². The summed E-state index contributed by atoms with van der Waals surface area (Å²) in [6, 6.07) is 6.40. The van der Waals surface area contributed by atoms with Gasteiger partial charge in [0.15, 0.2) is 0 Å². The minimum absolute atomic E-state index is 0.170. The summed E-state index contributed by atoms with van der Waals surface area (Å²) >= 11 is 5.11. The lowest BCUT2D eigenvalue weighted by Gasteiger charge is -2.34. The Bertz CT molecular complexity index is 667. The molecule has 0 radical (unpaired) electrons. The molecule has 0 bridgehead atoms. The van der Waals surface area contributed by atoms with Gasteiger partial charge in [0, 0.05) is 32.5 Å². The highest BCUT2D eigenvalue weighted by Crippen LogP contribution is 2.27. The third-order valence-electron chi connectivity index (χ3n) is 3.83. The molecule has 0 saturated carbocycles. The topological polar surface area (TPSA) is 20.3 Å². The fourth-order valence-electron chi connectivity index (χ4n) is 2.75. The van der Waals surface area contributed by atoms with Crippen molar-refractivity contribution in [3.05, 3.63) is 38.3 Å². The Morgan fingerprint density at radius 2 is 2.21 bits per heavy atom. The lowest BCUT2D eigenvalue weighted by atomic mass is 10.0. The predicted octanol–water partition coefficient (Wildman–Crippen LogP) is 4.40. The number of anilines is 1. The van der Waals surface area contributed by atoms with E-state index in [2.05, 4.69) is 27.8 Å². The zero-order chi connectivity index (χ0) is 13.4. The maximum Gasteiger partial charge on any atom is 0.211 e. The van der Waals surface area contributed by atoms with E-state index in [-0.39, 0.29) is 5.43 Å². The fraction of sp³-hybridized carbons (Fsp3) is 0.400. The first kappa shape index (κ1) is 13.1. The second kappa shape index (κ2) is 5.25. The standard InChI is InChI=1S/C15H16BrNOS/c1-10-4-2-3-7-17(10)13-9-19-14-6-5-11(16)8-12(14)15(13)18/h5-6,8-10H,2-4,7H2,1H3/t10-/m0/s1. The van der Waals surface area contributed by atoms with Crippen LogP contribution >= 0.6 is 27.3 Å². The normalized spacial score (nSPS) is 19.9. The molecular formula is C15H16BrNOS. The number of benzene rings is 1.